The molecule has 1 aromatic carbocycles. The Kier molecular flexibility index (Phi) is 4.87. The molecule has 28 heavy (non-hydrogen) atoms. The van der Waals surface area contributed by atoms with Crippen molar-refractivity contribution in [1.82, 2.24) is 20.5 Å². The topological polar surface area (TPSA) is 112 Å². The number of aliphatic hydroxyl groups is 1. The number of nitrogens with one attached hydrogen (secondary N) is 3. The van der Waals surface area contributed by atoms with Gasteiger partial charge in [0.1, 0.15) is 5.82 Å². The van der Waals surface area contributed by atoms with Crippen molar-refractivity contribution in [2.45, 2.75) is 37.3 Å². The van der Waals surface area contributed by atoms with Gasteiger partial charge in [-0.15, -0.1) is 5.10 Å². The lowest BCUT2D eigenvalue weighted by atomic mass is 9.87. The summed E-state index contributed by atoms with van der Waals surface area (Å²) in [7, 11) is 1.53. The van der Waals surface area contributed by atoms with E-state index in [4.69, 9.17) is 4.74 Å². The molecule has 1 fully saturated rings. The van der Waals surface area contributed by atoms with Gasteiger partial charge in [-0.25, -0.2) is 9.78 Å². The average molecular weight is 381 g/mol. The van der Waals surface area contributed by atoms with E-state index in [1.54, 1.807) is 12.3 Å². The molecule has 8 nitrogen and oxygen atoms in total. The van der Waals surface area contributed by atoms with Crippen molar-refractivity contribution in [3.05, 3.63) is 48.2 Å². The molecule has 3 aromatic rings. The Morgan fingerprint density at radius 2 is 2.04 bits per heavy atom. The Morgan fingerprint density at radius 1 is 1.29 bits per heavy atom. The first kappa shape index (κ1) is 18.2. The maximum atomic E-state index is 12.7. The first-order valence-corrected chi connectivity index (χ1v) is 9.32. The summed E-state index contributed by atoms with van der Waals surface area (Å²) < 4.78 is 5.15. The molecule has 4 N–H and O–H groups in total. The number of carbonyl (C=O) groups is 1. The van der Waals surface area contributed by atoms with Crippen LogP contribution in [0.25, 0.3) is 10.9 Å². The highest BCUT2D eigenvalue weighted by Crippen LogP contribution is 2.39. The second-order valence-electron chi connectivity index (χ2n) is 7.10. The van der Waals surface area contributed by atoms with E-state index in [-0.39, 0.29) is 0 Å². The molecule has 1 unspecified atom stereocenters. The number of carbonyl (C=O) groups excluding carboxylic acids is 1. The fourth-order valence-corrected chi connectivity index (χ4v) is 3.85. The largest absolute Gasteiger partial charge is 0.479 e. The first-order valence-electron chi connectivity index (χ1n) is 9.32. The lowest BCUT2D eigenvalue weighted by Gasteiger charge is -2.33. The summed E-state index contributed by atoms with van der Waals surface area (Å²) in [6.07, 6.45) is 4.80. The third kappa shape index (κ3) is 3.50. The molecule has 0 bridgehead atoms. The highest BCUT2D eigenvalue weighted by atomic mass is 16.5. The van der Waals surface area contributed by atoms with E-state index in [1.807, 2.05) is 30.3 Å². The Morgan fingerprint density at radius 3 is 2.75 bits per heavy atom. The number of ether oxygens (including phenoxy) is 1. The van der Waals surface area contributed by atoms with E-state index in [9.17, 15) is 9.90 Å². The molecule has 1 aliphatic carbocycles. The molecular weight excluding hydrogens is 358 g/mol. The molecule has 2 aromatic heterocycles. The SMILES string of the molecule is COc1n[nH]c2cc(NC(=O)NC(c3ccccc3)C3(O)CCCC3)ncc12. The Bertz CT molecular complexity index is 966. The van der Waals surface area contributed by atoms with Crippen LogP contribution < -0.4 is 15.4 Å². The number of H-pyrrole nitrogens is 1. The molecule has 0 spiro atoms. The Balaban J connectivity index is 1.53. The summed E-state index contributed by atoms with van der Waals surface area (Å²) in [5.41, 5.74) is 0.632. The second-order valence-corrected chi connectivity index (χ2v) is 7.10. The monoisotopic (exact) mass is 381 g/mol. The number of aromatic amines is 1. The Labute approximate surface area is 162 Å². The molecule has 146 valence electrons. The second kappa shape index (κ2) is 7.47. The fraction of sp³-hybridized carbons (Fsp3) is 0.350. The third-order valence-electron chi connectivity index (χ3n) is 5.26. The van der Waals surface area contributed by atoms with Crippen LogP contribution in [0, 0.1) is 0 Å². The normalized spacial score (nSPS) is 16.6. The number of methoxy groups -OCH3 is 1. The van der Waals surface area contributed by atoms with Crippen molar-refractivity contribution in [1.29, 1.82) is 0 Å². The number of hydrogen-bond donors (Lipinski definition) is 4. The predicted octanol–water partition coefficient (Wildman–Crippen LogP) is 3.13. The van der Waals surface area contributed by atoms with Gasteiger partial charge in [-0.3, -0.25) is 10.4 Å². The number of nitrogens with zero attached hydrogens (tertiary/aromatic N) is 2. The van der Waals surface area contributed by atoms with Gasteiger partial charge in [0.05, 0.1) is 29.7 Å². The standard InChI is InChI=1S/C20H23N5O3/c1-28-18-14-12-21-16(11-15(14)24-25-18)22-19(26)23-17(13-7-3-2-4-8-13)20(27)9-5-6-10-20/h2-4,7-8,11-12,17,27H,5-6,9-10H2,1H3,(H,24,25)(H2,21,22,23,26). The van der Waals surface area contributed by atoms with Crippen molar-refractivity contribution in [2.75, 3.05) is 12.4 Å². The van der Waals surface area contributed by atoms with Crippen LogP contribution in [0.3, 0.4) is 0 Å². The van der Waals surface area contributed by atoms with Gasteiger partial charge in [-0.2, -0.15) is 0 Å². The minimum Gasteiger partial charge on any atom is -0.479 e. The van der Waals surface area contributed by atoms with E-state index in [0.29, 0.717) is 30.1 Å². The van der Waals surface area contributed by atoms with Gasteiger partial charge in [-0.1, -0.05) is 43.2 Å². The molecule has 1 aliphatic rings. The van der Waals surface area contributed by atoms with Gasteiger partial charge in [0.15, 0.2) is 0 Å². The summed E-state index contributed by atoms with van der Waals surface area (Å²) in [4.78, 5) is 16.9. The number of rotatable bonds is 5. The molecule has 8 heteroatoms. The number of fused-ring (bicyclic) bond motifs is 1. The first-order chi connectivity index (χ1) is 13.6. The maximum Gasteiger partial charge on any atom is 0.320 e. The Hall–Kier alpha value is -3.13. The minimum absolute atomic E-state index is 0.376. The highest BCUT2D eigenvalue weighted by molar-refractivity contribution is 5.92. The van der Waals surface area contributed by atoms with Crippen molar-refractivity contribution in [3.8, 4) is 5.88 Å². The van der Waals surface area contributed by atoms with Crippen molar-refractivity contribution in [3.63, 3.8) is 0 Å². The lowest BCUT2D eigenvalue weighted by Crippen LogP contribution is -2.45. The van der Waals surface area contributed by atoms with Crippen LogP contribution in [0.5, 0.6) is 5.88 Å². The minimum atomic E-state index is -0.952. The zero-order chi connectivity index (χ0) is 19.6. The van der Waals surface area contributed by atoms with Crippen LogP contribution in [-0.2, 0) is 0 Å². The van der Waals surface area contributed by atoms with E-state index in [1.165, 1.54) is 7.11 Å². The summed E-state index contributed by atoms with van der Waals surface area (Å²) in [5.74, 6) is 0.827. The molecule has 2 heterocycles. The predicted molar refractivity (Wildman–Crippen MR) is 105 cm³/mol. The number of aromatic nitrogens is 3. The van der Waals surface area contributed by atoms with Crippen LogP contribution in [0.2, 0.25) is 0 Å². The van der Waals surface area contributed by atoms with Crippen LogP contribution >= 0.6 is 0 Å². The van der Waals surface area contributed by atoms with Crippen LogP contribution in [0.15, 0.2) is 42.6 Å². The maximum absolute atomic E-state index is 12.7. The number of benzene rings is 1. The molecule has 0 radical (unpaired) electrons. The van der Waals surface area contributed by atoms with Gasteiger partial charge in [0, 0.05) is 12.3 Å². The molecule has 0 aliphatic heterocycles. The number of hydrogen-bond acceptors (Lipinski definition) is 5. The number of urea groups is 1. The van der Waals surface area contributed by atoms with Gasteiger partial charge in [0.25, 0.3) is 0 Å². The van der Waals surface area contributed by atoms with Crippen LogP contribution in [-0.4, -0.2) is 39.0 Å². The van der Waals surface area contributed by atoms with E-state index >= 15 is 0 Å². The van der Waals surface area contributed by atoms with E-state index < -0.39 is 17.7 Å². The molecule has 1 atom stereocenters. The van der Waals surface area contributed by atoms with Gasteiger partial charge in [-0.05, 0) is 18.4 Å². The molecule has 4 rings (SSSR count). The summed E-state index contributed by atoms with van der Waals surface area (Å²) in [6, 6.07) is 10.3. The summed E-state index contributed by atoms with van der Waals surface area (Å²) >= 11 is 0. The number of amides is 2. The van der Waals surface area contributed by atoms with Crippen LogP contribution in [0.4, 0.5) is 10.6 Å². The van der Waals surface area contributed by atoms with Gasteiger partial charge >= 0.3 is 6.03 Å². The third-order valence-corrected chi connectivity index (χ3v) is 5.26. The zero-order valence-corrected chi connectivity index (χ0v) is 15.6. The summed E-state index contributed by atoms with van der Waals surface area (Å²) in [6.45, 7) is 0. The van der Waals surface area contributed by atoms with Crippen molar-refractivity contribution >= 4 is 22.8 Å². The van der Waals surface area contributed by atoms with Gasteiger partial charge in [0.2, 0.25) is 5.88 Å². The zero-order valence-electron chi connectivity index (χ0n) is 15.6. The number of pyridine rings is 1. The average Bonchev–Trinajstić information content (AvgIpc) is 3.33. The molecule has 0 saturated heterocycles. The van der Waals surface area contributed by atoms with Crippen molar-refractivity contribution in [2.24, 2.45) is 0 Å². The van der Waals surface area contributed by atoms with E-state index in [2.05, 4.69) is 25.8 Å². The number of anilines is 1. The fourth-order valence-electron chi connectivity index (χ4n) is 3.85. The van der Waals surface area contributed by atoms with E-state index in [0.717, 1.165) is 23.8 Å². The molecular formula is C20H23N5O3. The quantitative estimate of drug-likeness (QED) is 0.542. The summed E-state index contributed by atoms with van der Waals surface area (Å²) in [5, 5.41) is 24.4. The highest BCUT2D eigenvalue weighted by Gasteiger charge is 2.41. The van der Waals surface area contributed by atoms with Crippen LogP contribution in [0.1, 0.15) is 37.3 Å². The lowest BCUT2D eigenvalue weighted by molar-refractivity contribution is 0.0113. The van der Waals surface area contributed by atoms with Gasteiger partial charge < -0.3 is 15.2 Å². The molecule has 1 saturated carbocycles. The molecule has 2 amide bonds. The smallest absolute Gasteiger partial charge is 0.320 e. The van der Waals surface area contributed by atoms with Crippen molar-refractivity contribution < 1.29 is 14.6 Å².